The predicted octanol–water partition coefficient (Wildman–Crippen LogP) is -0.336. The Kier molecular flexibility index (Phi) is 3.43. The van der Waals surface area contributed by atoms with Gasteiger partial charge in [-0.1, -0.05) is 6.42 Å². The summed E-state index contributed by atoms with van der Waals surface area (Å²) in [6, 6.07) is -0.114. The highest BCUT2D eigenvalue weighted by Crippen LogP contribution is 2.37. The van der Waals surface area contributed by atoms with Gasteiger partial charge in [0.15, 0.2) is 0 Å². The summed E-state index contributed by atoms with van der Waals surface area (Å²) in [6.07, 6.45) is 3.56. The number of nitrogens with one attached hydrogen (secondary N) is 2. The lowest BCUT2D eigenvalue weighted by Crippen LogP contribution is -2.45. The number of hydrogen-bond acceptors (Lipinski definition) is 4. The first-order valence-corrected chi connectivity index (χ1v) is 5.80. The average molecular weight is 226 g/mol. The molecule has 1 aliphatic heterocycles. The highest BCUT2D eigenvalue weighted by atomic mass is 16.5. The van der Waals surface area contributed by atoms with Gasteiger partial charge in [-0.2, -0.15) is 0 Å². The summed E-state index contributed by atoms with van der Waals surface area (Å²) in [4.78, 5) is 22.7. The van der Waals surface area contributed by atoms with Crippen LogP contribution in [0, 0.1) is 11.8 Å². The van der Waals surface area contributed by atoms with E-state index in [2.05, 4.69) is 15.4 Å². The van der Waals surface area contributed by atoms with Gasteiger partial charge in [0.25, 0.3) is 0 Å². The molecule has 0 spiro atoms. The summed E-state index contributed by atoms with van der Waals surface area (Å²) in [5.74, 6) is 0.626. The van der Waals surface area contributed by atoms with Crippen molar-refractivity contribution in [1.29, 1.82) is 0 Å². The van der Waals surface area contributed by atoms with Crippen LogP contribution >= 0.6 is 0 Å². The predicted molar refractivity (Wildman–Crippen MR) is 57.6 cm³/mol. The van der Waals surface area contributed by atoms with E-state index in [0.29, 0.717) is 11.8 Å². The highest BCUT2D eigenvalue weighted by molar-refractivity contribution is 5.86. The van der Waals surface area contributed by atoms with Crippen molar-refractivity contribution < 1.29 is 14.3 Å². The molecule has 2 aliphatic rings. The molecule has 0 bridgehead atoms. The molecule has 90 valence electrons. The van der Waals surface area contributed by atoms with Crippen molar-refractivity contribution in [3.63, 3.8) is 0 Å². The maximum Gasteiger partial charge on any atom is 0.325 e. The van der Waals surface area contributed by atoms with Crippen LogP contribution in [0.4, 0.5) is 0 Å². The van der Waals surface area contributed by atoms with Gasteiger partial charge < -0.3 is 15.4 Å². The molecule has 0 aromatic rings. The van der Waals surface area contributed by atoms with Crippen molar-refractivity contribution in [1.82, 2.24) is 10.6 Å². The Labute approximate surface area is 94.9 Å². The quantitative estimate of drug-likeness (QED) is 0.646. The average Bonchev–Trinajstić information content (AvgIpc) is 2.86. The van der Waals surface area contributed by atoms with E-state index in [1.54, 1.807) is 0 Å². The molecular formula is C11H18N2O3. The van der Waals surface area contributed by atoms with Gasteiger partial charge >= 0.3 is 5.97 Å². The maximum atomic E-state index is 11.8. The number of amides is 1. The van der Waals surface area contributed by atoms with Crippen LogP contribution in [0.3, 0.4) is 0 Å². The van der Waals surface area contributed by atoms with Crippen molar-refractivity contribution in [2.24, 2.45) is 11.8 Å². The fourth-order valence-electron chi connectivity index (χ4n) is 2.82. The minimum Gasteiger partial charge on any atom is -0.468 e. The molecule has 1 aliphatic carbocycles. The molecule has 1 heterocycles. The van der Waals surface area contributed by atoms with Gasteiger partial charge in [0.05, 0.1) is 13.2 Å². The van der Waals surface area contributed by atoms with E-state index in [4.69, 9.17) is 0 Å². The number of ether oxygens (including phenoxy) is 1. The van der Waals surface area contributed by atoms with Crippen molar-refractivity contribution in [2.75, 3.05) is 20.2 Å². The van der Waals surface area contributed by atoms with Gasteiger partial charge in [-0.3, -0.25) is 9.59 Å². The number of fused-ring (bicyclic) bond motifs is 1. The molecule has 0 aromatic carbocycles. The number of carbonyl (C=O) groups is 2. The fraction of sp³-hybridized carbons (Fsp3) is 0.818. The standard InChI is InChI=1S/C11H18N2O3/c1-16-9(14)6-13-11(15)10-8-4-2-3-7(8)5-12-10/h7-8,10,12H,2-6H2,1H3,(H,13,15). The second-order valence-electron chi connectivity index (χ2n) is 4.53. The molecule has 5 heteroatoms. The number of hydrogen-bond donors (Lipinski definition) is 2. The minimum atomic E-state index is -0.408. The molecule has 2 N–H and O–H groups in total. The zero-order valence-electron chi connectivity index (χ0n) is 9.49. The highest BCUT2D eigenvalue weighted by Gasteiger charge is 2.42. The van der Waals surface area contributed by atoms with Crippen LogP contribution in [-0.4, -0.2) is 38.1 Å². The third-order valence-corrected chi connectivity index (χ3v) is 3.66. The SMILES string of the molecule is COC(=O)CNC(=O)C1NCC2CCCC21. The number of esters is 1. The number of carbonyl (C=O) groups excluding carboxylic acids is 2. The van der Waals surface area contributed by atoms with Crippen molar-refractivity contribution >= 4 is 11.9 Å². The Morgan fingerprint density at radius 1 is 1.44 bits per heavy atom. The second-order valence-corrected chi connectivity index (χ2v) is 4.53. The molecule has 5 nitrogen and oxygen atoms in total. The largest absolute Gasteiger partial charge is 0.468 e. The van der Waals surface area contributed by atoms with E-state index in [1.165, 1.54) is 20.0 Å². The van der Waals surface area contributed by atoms with Crippen molar-refractivity contribution in [3.05, 3.63) is 0 Å². The zero-order chi connectivity index (χ0) is 11.5. The summed E-state index contributed by atoms with van der Waals surface area (Å²) in [5, 5.41) is 5.85. The molecule has 2 rings (SSSR count). The van der Waals surface area contributed by atoms with E-state index >= 15 is 0 Å². The molecule has 0 radical (unpaired) electrons. The molecule has 16 heavy (non-hydrogen) atoms. The van der Waals surface area contributed by atoms with Crippen molar-refractivity contribution in [2.45, 2.75) is 25.3 Å². The molecule has 1 saturated heterocycles. The Hall–Kier alpha value is -1.10. The van der Waals surface area contributed by atoms with Gasteiger partial charge in [-0.05, 0) is 31.2 Å². The fourth-order valence-corrected chi connectivity index (χ4v) is 2.82. The zero-order valence-corrected chi connectivity index (χ0v) is 9.49. The summed E-state index contributed by atoms with van der Waals surface area (Å²) in [6.45, 7) is 0.895. The van der Waals surface area contributed by atoms with E-state index in [0.717, 1.165) is 13.0 Å². The first-order valence-electron chi connectivity index (χ1n) is 5.80. The molecule has 1 saturated carbocycles. The van der Waals surface area contributed by atoms with E-state index in [9.17, 15) is 9.59 Å². The van der Waals surface area contributed by atoms with Crippen LogP contribution in [0.5, 0.6) is 0 Å². The third-order valence-electron chi connectivity index (χ3n) is 3.66. The van der Waals surface area contributed by atoms with Crippen LogP contribution in [0.1, 0.15) is 19.3 Å². The Morgan fingerprint density at radius 3 is 3.00 bits per heavy atom. The topological polar surface area (TPSA) is 67.4 Å². The van der Waals surface area contributed by atoms with Gasteiger partial charge in [-0.15, -0.1) is 0 Å². The Balaban J connectivity index is 1.83. The van der Waals surface area contributed by atoms with Crippen LogP contribution in [-0.2, 0) is 14.3 Å². The Bertz CT molecular complexity index is 293. The lowest BCUT2D eigenvalue weighted by Gasteiger charge is -2.17. The summed E-state index contributed by atoms with van der Waals surface area (Å²) < 4.78 is 4.48. The lowest BCUT2D eigenvalue weighted by molar-refractivity contribution is -0.141. The van der Waals surface area contributed by atoms with Gasteiger partial charge in [-0.25, -0.2) is 0 Å². The molecule has 3 atom stereocenters. The van der Waals surface area contributed by atoms with Gasteiger partial charge in [0.2, 0.25) is 5.91 Å². The van der Waals surface area contributed by atoms with Crippen LogP contribution < -0.4 is 10.6 Å². The van der Waals surface area contributed by atoms with E-state index in [1.807, 2.05) is 0 Å². The summed E-state index contributed by atoms with van der Waals surface area (Å²) in [7, 11) is 1.31. The number of rotatable bonds is 3. The van der Waals surface area contributed by atoms with Crippen molar-refractivity contribution in [3.8, 4) is 0 Å². The maximum absolute atomic E-state index is 11.8. The molecule has 2 fully saturated rings. The Morgan fingerprint density at radius 2 is 2.25 bits per heavy atom. The molecule has 3 unspecified atom stereocenters. The van der Waals surface area contributed by atoms with Gasteiger partial charge in [0, 0.05) is 0 Å². The first kappa shape index (κ1) is 11.4. The smallest absolute Gasteiger partial charge is 0.325 e. The van der Waals surface area contributed by atoms with E-state index < -0.39 is 5.97 Å². The molecule has 0 aromatic heterocycles. The second kappa shape index (κ2) is 4.82. The third kappa shape index (κ3) is 2.19. The van der Waals surface area contributed by atoms with Crippen LogP contribution in [0.15, 0.2) is 0 Å². The van der Waals surface area contributed by atoms with Gasteiger partial charge in [0.1, 0.15) is 6.54 Å². The van der Waals surface area contributed by atoms with Crippen LogP contribution in [0.2, 0.25) is 0 Å². The minimum absolute atomic E-state index is 0.0368. The lowest BCUT2D eigenvalue weighted by atomic mass is 9.94. The first-order chi connectivity index (χ1) is 7.72. The normalized spacial score (nSPS) is 32.2. The molecular weight excluding hydrogens is 208 g/mol. The van der Waals surface area contributed by atoms with E-state index in [-0.39, 0.29) is 18.5 Å². The summed E-state index contributed by atoms with van der Waals surface area (Å²) in [5.41, 5.74) is 0. The molecule has 1 amide bonds. The number of methoxy groups -OCH3 is 1. The van der Waals surface area contributed by atoms with Crippen LogP contribution in [0.25, 0.3) is 0 Å². The monoisotopic (exact) mass is 226 g/mol. The summed E-state index contributed by atoms with van der Waals surface area (Å²) >= 11 is 0.